The molecular formula is C26H29N5O2. The van der Waals surface area contributed by atoms with Crippen molar-refractivity contribution in [3.05, 3.63) is 83.4 Å². The zero-order valence-corrected chi connectivity index (χ0v) is 19.0. The topological polar surface area (TPSA) is 87.2 Å². The van der Waals surface area contributed by atoms with Gasteiger partial charge in [0.2, 0.25) is 5.91 Å². The van der Waals surface area contributed by atoms with Crippen LogP contribution in [0.25, 0.3) is 0 Å². The lowest BCUT2D eigenvalue weighted by atomic mass is 9.96. The number of rotatable bonds is 6. The van der Waals surface area contributed by atoms with Crippen LogP contribution >= 0.6 is 0 Å². The highest BCUT2D eigenvalue weighted by molar-refractivity contribution is 6.04. The first kappa shape index (κ1) is 22.6. The van der Waals surface area contributed by atoms with Crippen molar-refractivity contribution in [1.29, 1.82) is 0 Å². The number of hydrogen-bond acceptors (Lipinski definition) is 5. The van der Waals surface area contributed by atoms with Crippen LogP contribution in [0.1, 0.15) is 53.1 Å². The van der Waals surface area contributed by atoms with E-state index in [1.807, 2.05) is 49.4 Å². The van der Waals surface area contributed by atoms with E-state index in [0.717, 1.165) is 49.7 Å². The molecule has 2 amide bonds. The van der Waals surface area contributed by atoms with Crippen LogP contribution < -0.4 is 10.6 Å². The van der Waals surface area contributed by atoms with Gasteiger partial charge in [0.15, 0.2) is 0 Å². The summed E-state index contributed by atoms with van der Waals surface area (Å²) in [6.07, 6.45) is 3.76. The molecule has 4 rings (SSSR count). The summed E-state index contributed by atoms with van der Waals surface area (Å²) >= 11 is 0. The van der Waals surface area contributed by atoms with E-state index in [-0.39, 0.29) is 17.7 Å². The van der Waals surface area contributed by atoms with Crippen LogP contribution in [0.5, 0.6) is 0 Å². The quantitative estimate of drug-likeness (QED) is 0.591. The molecule has 0 radical (unpaired) electrons. The smallest absolute Gasteiger partial charge is 0.259 e. The number of aryl methyl sites for hydroxylation is 1. The van der Waals surface area contributed by atoms with E-state index in [1.165, 1.54) is 12.5 Å². The lowest BCUT2D eigenvalue weighted by Crippen LogP contribution is -2.34. The Hall–Kier alpha value is -3.58. The summed E-state index contributed by atoms with van der Waals surface area (Å²) in [6, 6.07) is 17.4. The molecule has 2 heterocycles. The van der Waals surface area contributed by atoms with Crippen LogP contribution in [-0.4, -0.2) is 39.8 Å². The Morgan fingerprint density at radius 1 is 1.03 bits per heavy atom. The summed E-state index contributed by atoms with van der Waals surface area (Å²) in [7, 11) is 0. The molecule has 7 nitrogen and oxygen atoms in total. The maximum absolute atomic E-state index is 12.6. The number of carbonyl (C=O) groups is 2. The van der Waals surface area contributed by atoms with E-state index < -0.39 is 0 Å². The predicted octanol–water partition coefficient (Wildman–Crippen LogP) is 4.38. The van der Waals surface area contributed by atoms with Gasteiger partial charge >= 0.3 is 0 Å². The van der Waals surface area contributed by atoms with E-state index in [9.17, 15) is 9.59 Å². The van der Waals surface area contributed by atoms with Gasteiger partial charge in [-0.15, -0.1) is 0 Å². The molecule has 33 heavy (non-hydrogen) atoms. The molecule has 1 aliphatic heterocycles. The highest BCUT2D eigenvalue weighted by Gasteiger charge is 2.24. The minimum atomic E-state index is -0.196. The van der Waals surface area contributed by atoms with Gasteiger partial charge in [0.05, 0.1) is 11.3 Å². The van der Waals surface area contributed by atoms with Crippen LogP contribution in [0, 0.1) is 6.92 Å². The van der Waals surface area contributed by atoms with Crippen molar-refractivity contribution >= 4 is 23.2 Å². The van der Waals surface area contributed by atoms with Crippen molar-refractivity contribution in [2.45, 2.75) is 39.2 Å². The molecule has 0 unspecified atom stereocenters. The number of nitrogens with zero attached hydrogens (tertiary/aromatic N) is 3. The zero-order valence-electron chi connectivity index (χ0n) is 19.0. The van der Waals surface area contributed by atoms with Crippen LogP contribution in [0.15, 0.2) is 60.8 Å². The number of para-hydroxylation sites is 1. The van der Waals surface area contributed by atoms with E-state index in [1.54, 1.807) is 6.20 Å². The Bertz CT molecular complexity index is 1120. The van der Waals surface area contributed by atoms with Gasteiger partial charge in [-0.3, -0.25) is 14.5 Å². The Morgan fingerprint density at radius 2 is 1.76 bits per heavy atom. The number of anilines is 2. The van der Waals surface area contributed by atoms with Gasteiger partial charge in [-0.05, 0) is 56.1 Å². The Kier molecular flexibility index (Phi) is 7.10. The maximum Gasteiger partial charge on any atom is 0.259 e. The fraction of sp³-hybridized carbons (Fsp3) is 0.308. The second-order valence-corrected chi connectivity index (χ2v) is 8.50. The fourth-order valence-electron chi connectivity index (χ4n) is 4.19. The Morgan fingerprint density at radius 3 is 2.45 bits per heavy atom. The molecule has 1 fully saturated rings. The van der Waals surface area contributed by atoms with Crippen LogP contribution in [0.2, 0.25) is 0 Å². The number of benzene rings is 2. The monoisotopic (exact) mass is 443 g/mol. The van der Waals surface area contributed by atoms with Crippen molar-refractivity contribution in [3.8, 4) is 0 Å². The number of hydrogen-bond donors (Lipinski definition) is 2. The number of aromatic nitrogens is 2. The van der Waals surface area contributed by atoms with E-state index in [0.29, 0.717) is 11.3 Å². The van der Waals surface area contributed by atoms with Crippen molar-refractivity contribution in [3.63, 3.8) is 0 Å². The van der Waals surface area contributed by atoms with E-state index in [4.69, 9.17) is 4.98 Å². The van der Waals surface area contributed by atoms with Crippen molar-refractivity contribution in [2.24, 2.45) is 0 Å². The van der Waals surface area contributed by atoms with E-state index >= 15 is 0 Å². The number of piperidine rings is 1. The zero-order chi connectivity index (χ0) is 23.2. The number of nitrogens with one attached hydrogen (secondary N) is 2. The molecule has 1 saturated heterocycles. The molecule has 1 aromatic heterocycles. The van der Waals surface area contributed by atoms with Gasteiger partial charge in [0.25, 0.3) is 5.91 Å². The molecule has 7 heteroatoms. The summed E-state index contributed by atoms with van der Waals surface area (Å²) in [5.41, 5.74) is 3.95. The molecule has 2 N–H and O–H groups in total. The Labute approximate surface area is 194 Å². The standard InChI is InChI=1S/C26H29N5O2/c1-18-24(26(33)30-22-8-4-3-5-9-22)15-27-25(28-18)21-7-6-14-31(17-21)16-20-10-12-23(13-11-20)29-19(2)32/h3-5,8-13,15,21H,6-7,14,16-17H2,1-2H3,(H,29,32)(H,30,33)/t21-/m1/s1. The summed E-state index contributed by atoms with van der Waals surface area (Å²) in [5.74, 6) is 0.774. The first-order chi connectivity index (χ1) is 16.0. The second kappa shape index (κ2) is 10.4. The molecule has 170 valence electrons. The largest absolute Gasteiger partial charge is 0.326 e. The number of likely N-dealkylation sites (tertiary alicyclic amines) is 1. The number of amides is 2. The summed E-state index contributed by atoms with van der Waals surface area (Å²) in [5, 5.41) is 5.69. The molecule has 0 spiro atoms. The van der Waals surface area contributed by atoms with Gasteiger partial charge in [-0.1, -0.05) is 30.3 Å². The van der Waals surface area contributed by atoms with Crippen LogP contribution in [0.4, 0.5) is 11.4 Å². The second-order valence-electron chi connectivity index (χ2n) is 8.50. The van der Waals surface area contributed by atoms with Gasteiger partial charge in [-0.25, -0.2) is 9.97 Å². The summed E-state index contributed by atoms with van der Waals surface area (Å²) in [6.45, 7) is 6.12. The molecule has 2 aromatic carbocycles. The average Bonchev–Trinajstić information content (AvgIpc) is 2.81. The van der Waals surface area contributed by atoms with Crippen molar-refractivity contribution in [2.75, 3.05) is 23.7 Å². The Balaban J connectivity index is 1.39. The highest BCUT2D eigenvalue weighted by atomic mass is 16.2. The molecule has 1 aliphatic rings. The third-order valence-electron chi connectivity index (χ3n) is 5.83. The molecule has 0 saturated carbocycles. The SMILES string of the molecule is CC(=O)Nc1ccc(CN2CCC[C@@H](c3ncc(C(=O)Nc4ccccc4)c(C)n3)C2)cc1. The first-order valence-corrected chi connectivity index (χ1v) is 11.3. The molecule has 0 bridgehead atoms. The van der Waals surface area contributed by atoms with Gasteiger partial charge in [0, 0.05) is 43.5 Å². The summed E-state index contributed by atoms with van der Waals surface area (Å²) < 4.78 is 0. The number of carbonyl (C=O) groups excluding carboxylic acids is 2. The minimum absolute atomic E-state index is 0.0690. The molecule has 1 atom stereocenters. The van der Waals surface area contributed by atoms with Crippen molar-refractivity contribution in [1.82, 2.24) is 14.9 Å². The van der Waals surface area contributed by atoms with Gasteiger partial charge in [-0.2, -0.15) is 0 Å². The lowest BCUT2D eigenvalue weighted by Gasteiger charge is -2.32. The third-order valence-corrected chi connectivity index (χ3v) is 5.83. The van der Waals surface area contributed by atoms with Gasteiger partial charge in [0.1, 0.15) is 5.82 Å². The summed E-state index contributed by atoms with van der Waals surface area (Å²) in [4.78, 5) is 35.5. The van der Waals surface area contributed by atoms with Crippen LogP contribution in [-0.2, 0) is 11.3 Å². The molecular weight excluding hydrogens is 414 g/mol. The molecule has 0 aliphatic carbocycles. The first-order valence-electron chi connectivity index (χ1n) is 11.3. The lowest BCUT2D eigenvalue weighted by molar-refractivity contribution is -0.114. The normalized spacial score (nSPS) is 16.2. The highest BCUT2D eigenvalue weighted by Crippen LogP contribution is 2.26. The predicted molar refractivity (Wildman–Crippen MR) is 129 cm³/mol. The molecule has 3 aromatic rings. The van der Waals surface area contributed by atoms with E-state index in [2.05, 4.69) is 32.7 Å². The average molecular weight is 444 g/mol. The fourth-order valence-corrected chi connectivity index (χ4v) is 4.19. The third kappa shape index (κ3) is 6.02. The maximum atomic E-state index is 12.6. The van der Waals surface area contributed by atoms with Gasteiger partial charge < -0.3 is 10.6 Å². The van der Waals surface area contributed by atoms with Crippen LogP contribution in [0.3, 0.4) is 0 Å². The minimum Gasteiger partial charge on any atom is -0.326 e. The van der Waals surface area contributed by atoms with Crippen molar-refractivity contribution < 1.29 is 9.59 Å².